The molecule has 0 spiro atoms. The second-order valence-electron chi connectivity index (χ2n) is 7.30. The summed E-state index contributed by atoms with van der Waals surface area (Å²) in [5.41, 5.74) is 0.619. The average Bonchev–Trinajstić information content (AvgIpc) is 3.32. The Labute approximate surface area is 142 Å². The van der Waals surface area contributed by atoms with Crippen LogP contribution in [0.2, 0.25) is 0 Å². The lowest BCUT2D eigenvalue weighted by atomic mass is 10.0. The molecule has 1 aromatic heterocycles. The molecule has 6 nitrogen and oxygen atoms in total. The summed E-state index contributed by atoms with van der Waals surface area (Å²) < 4.78 is 5.23. The summed E-state index contributed by atoms with van der Waals surface area (Å²) in [4.78, 5) is 31.5. The van der Waals surface area contributed by atoms with Crippen LogP contribution < -0.4 is 0 Å². The van der Waals surface area contributed by atoms with Gasteiger partial charge in [0.25, 0.3) is 5.91 Å². The smallest absolute Gasteiger partial charge is 0.257 e. The Bertz CT molecular complexity index is 635. The third-order valence-electron chi connectivity index (χ3n) is 5.79. The van der Waals surface area contributed by atoms with Crippen LogP contribution in [0.5, 0.6) is 0 Å². The molecule has 3 aliphatic heterocycles. The third-order valence-corrected chi connectivity index (χ3v) is 5.79. The maximum absolute atomic E-state index is 12.7. The maximum atomic E-state index is 12.7. The molecule has 1 aromatic rings. The normalized spacial score (nSPS) is 27.3. The van der Waals surface area contributed by atoms with E-state index < -0.39 is 0 Å². The molecular formula is C18H25N3O3. The number of carbonyl (C=O) groups is 2. The first-order valence-corrected chi connectivity index (χ1v) is 8.98. The van der Waals surface area contributed by atoms with Gasteiger partial charge in [-0.2, -0.15) is 0 Å². The van der Waals surface area contributed by atoms with Gasteiger partial charge < -0.3 is 19.1 Å². The summed E-state index contributed by atoms with van der Waals surface area (Å²) in [7, 11) is 0. The summed E-state index contributed by atoms with van der Waals surface area (Å²) in [6, 6.07) is 1.72. The quantitative estimate of drug-likeness (QED) is 0.832. The minimum absolute atomic E-state index is 0.00735. The third kappa shape index (κ3) is 2.73. The van der Waals surface area contributed by atoms with Crippen molar-refractivity contribution in [3.8, 4) is 0 Å². The van der Waals surface area contributed by atoms with Crippen molar-refractivity contribution >= 4 is 11.8 Å². The number of rotatable bonds is 4. The van der Waals surface area contributed by atoms with Crippen LogP contribution in [0, 0.1) is 18.8 Å². The van der Waals surface area contributed by atoms with Crippen molar-refractivity contribution in [2.75, 3.05) is 45.8 Å². The van der Waals surface area contributed by atoms with Gasteiger partial charge >= 0.3 is 0 Å². The first-order valence-electron chi connectivity index (χ1n) is 8.98. The van der Waals surface area contributed by atoms with E-state index in [2.05, 4.69) is 4.90 Å². The molecule has 0 aliphatic carbocycles. The van der Waals surface area contributed by atoms with Gasteiger partial charge in [0.15, 0.2) is 0 Å². The largest absolute Gasteiger partial charge is 0.469 e. The monoisotopic (exact) mass is 331 g/mol. The summed E-state index contributed by atoms with van der Waals surface area (Å²) in [5.74, 6) is 1.15. The van der Waals surface area contributed by atoms with Gasteiger partial charge in [0.1, 0.15) is 5.76 Å². The molecule has 0 radical (unpaired) electrons. The van der Waals surface area contributed by atoms with Crippen molar-refractivity contribution in [2.24, 2.45) is 11.8 Å². The van der Waals surface area contributed by atoms with Crippen molar-refractivity contribution in [2.45, 2.75) is 19.8 Å². The van der Waals surface area contributed by atoms with Crippen LogP contribution in [0.4, 0.5) is 0 Å². The minimum Gasteiger partial charge on any atom is -0.469 e. The van der Waals surface area contributed by atoms with Crippen LogP contribution in [-0.2, 0) is 4.79 Å². The number of furan rings is 1. The fourth-order valence-electron chi connectivity index (χ4n) is 4.36. The molecule has 3 aliphatic rings. The van der Waals surface area contributed by atoms with Gasteiger partial charge in [-0.1, -0.05) is 0 Å². The van der Waals surface area contributed by atoms with Crippen LogP contribution >= 0.6 is 0 Å². The zero-order valence-electron chi connectivity index (χ0n) is 14.2. The Morgan fingerprint density at radius 2 is 2.00 bits per heavy atom. The molecule has 4 heterocycles. The second kappa shape index (κ2) is 6.24. The van der Waals surface area contributed by atoms with Crippen molar-refractivity contribution < 1.29 is 14.0 Å². The van der Waals surface area contributed by atoms with Crippen LogP contribution in [-0.4, -0.2) is 72.3 Å². The van der Waals surface area contributed by atoms with Gasteiger partial charge in [-0.25, -0.2) is 0 Å². The summed E-state index contributed by atoms with van der Waals surface area (Å²) >= 11 is 0. The Hall–Kier alpha value is -1.82. The zero-order valence-corrected chi connectivity index (χ0v) is 14.2. The van der Waals surface area contributed by atoms with Crippen LogP contribution in [0.15, 0.2) is 16.7 Å². The van der Waals surface area contributed by atoms with Crippen LogP contribution in [0.3, 0.4) is 0 Å². The maximum Gasteiger partial charge on any atom is 0.257 e. The predicted molar refractivity (Wildman–Crippen MR) is 88.6 cm³/mol. The van der Waals surface area contributed by atoms with Gasteiger partial charge in [-0.3, -0.25) is 9.59 Å². The molecule has 6 heteroatoms. The Kier molecular flexibility index (Phi) is 4.08. The highest BCUT2D eigenvalue weighted by Crippen LogP contribution is 2.33. The molecular weight excluding hydrogens is 306 g/mol. The Morgan fingerprint density at radius 1 is 1.21 bits per heavy atom. The summed E-state index contributed by atoms with van der Waals surface area (Å²) in [5, 5.41) is 0. The minimum atomic E-state index is -0.0141. The van der Waals surface area contributed by atoms with Gasteiger partial charge in [0, 0.05) is 38.6 Å². The fourth-order valence-corrected chi connectivity index (χ4v) is 4.36. The molecule has 0 bridgehead atoms. The molecule has 2 amide bonds. The number of aryl methyl sites for hydroxylation is 1. The van der Waals surface area contributed by atoms with Crippen molar-refractivity contribution in [1.82, 2.24) is 14.7 Å². The summed E-state index contributed by atoms with van der Waals surface area (Å²) in [6.07, 6.45) is 4.11. The van der Waals surface area contributed by atoms with Crippen molar-refractivity contribution in [1.29, 1.82) is 0 Å². The molecule has 130 valence electrons. The van der Waals surface area contributed by atoms with Crippen LogP contribution in [0.25, 0.3) is 0 Å². The highest BCUT2D eigenvalue weighted by Gasteiger charge is 2.47. The number of fused-ring (bicyclic) bond motifs is 1. The lowest BCUT2D eigenvalue weighted by molar-refractivity contribution is -0.131. The number of nitrogens with zero attached hydrogens (tertiary/aromatic N) is 3. The van der Waals surface area contributed by atoms with Crippen LogP contribution in [0.1, 0.15) is 29.0 Å². The Morgan fingerprint density at radius 3 is 2.67 bits per heavy atom. The number of amides is 2. The number of hydrogen-bond donors (Lipinski definition) is 0. The highest BCUT2D eigenvalue weighted by atomic mass is 16.3. The second-order valence-corrected chi connectivity index (χ2v) is 7.30. The number of likely N-dealkylation sites (tertiary alicyclic amines) is 3. The van der Waals surface area contributed by atoms with E-state index in [9.17, 15) is 9.59 Å². The van der Waals surface area contributed by atoms with Crippen molar-refractivity contribution in [3.63, 3.8) is 0 Å². The van der Waals surface area contributed by atoms with E-state index >= 15 is 0 Å². The first-order chi connectivity index (χ1) is 11.6. The SMILES string of the molecule is Cc1occc1C(=O)N1C[C@@H]2CN(CCN3CCCC3)C(=O)[C@@H]2C1. The molecule has 0 aromatic carbocycles. The average molecular weight is 331 g/mol. The van der Waals surface area contributed by atoms with E-state index in [0.717, 1.165) is 19.6 Å². The van der Waals surface area contributed by atoms with E-state index in [-0.39, 0.29) is 23.7 Å². The molecule has 24 heavy (non-hydrogen) atoms. The van der Waals surface area contributed by atoms with Gasteiger partial charge in [-0.05, 0) is 38.9 Å². The fraction of sp³-hybridized carbons (Fsp3) is 0.667. The standard InChI is InChI=1S/C18H25N3O3/c1-13-15(4-9-24-13)17(22)21-11-14-10-20(18(23)16(14)12-21)8-7-19-5-2-3-6-19/h4,9,14,16H,2-3,5-8,10-12H2,1H3/t14-,16+/m0/s1. The van der Waals surface area contributed by atoms with Gasteiger partial charge in [0.2, 0.25) is 5.91 Å². The summed E-state index contributed by atoms with van der Waals surface area (Å²) in [6.45, 7) is 7.99. The highest BCUT2D eigenvalue weighted by molar-refractivity contribution is 5.96. The zero-order chi connectivity index (χ0) is 16.7. The van der Waals surface area contributed by atoms with Gasteiger partial charge in [0.05, 0.1) is 17.7 Å². The Balaban J connectivity index is 1.34. The lowest BCUT2D eigenvalue weighted by Crippen LogP contribution is -2.39. The topological polar surface area (TPSA) is 57.0 Å². The molecule has 0 saturated carbocycles. The van der Waals surface area contributed by atoms with Crippen molar-refractivity contribution in [3.05, 3.63) is 23.7 Å². The predicted octanol–water partition coefficient (Wildman–Crippen LogP) is 1.21. The number of carbonyl (C=O) groups excluding carboxylic acids is 2. The molecule has 2 atom stereocenters. The van der Waals surface area contributed by atoms with E-state index in [1.165, 1.54) is 25.9 Å². The number of hydrogen-bond acceptors (Lipinski definition) is 4. The molecule has 0 N–H and O–H groups in total. The molecule has 3 fully saturated rings. The molecule has 3 saturated heterocycles. The van der Waals surface area contributed by atoms with E-state index in [0.29, 0.717) is 24.4 Å². The molecule has 0 unspecified atom stereocenters. The molecule has 4 rings (SSSR count). The lowest BCUT2D eigenvalue weighted by Gasteiger charge is -2.24. The van der Waals surface area contributed by atoms with E-state index in [1.54, 1.807) is 19.3 Å². The van der Waals surface area contributed by atoms with Gasteiger partial charge in [-0.15, -0.1) is 0 Å². The van der Waals surface area contributed by atoms with E-state index in [1.807, 2.05) is 9.80 Å². The first kappa shape index (κ1) is 15.7. The van der Waals surface area contributed by atoms with E-state index in [4.69, 9.17) is 4.42 Å².